The molecule has 0 saturated carbocycles. The molecule has 28 heavy (non-hydrogen) atoms. The first-order valence-electron chi connectivity index (χ1n) is 9.06. The predicted octanol–water partition coefficient (Wildman–Crippen LogP) is 2.91. The number of furan rings is 1. The van der Waals surface area contributed by atoms with E-state index in [4.69, 9.17) is 4.42 Å². The molecule has 7 nitrogen and oxygen atoms in total. The molecule has 1 aromatic carbocycles. The molecule has 1 fully saturated rings. The van der Waals surface area contributed by atoms with E-state index in [1.807, 2.05) is 36.4 Å². The first kappa shape index (κ1) is 17.8. The topological polar surface area (TPSA) is 78.7 Å². The Morgan fingerprint density at radius 2 is 1.89 bits per heavy atom. The lowest BCUT2D eigenvalue weighted by Gasteiger charge is -2.34. The van der Waals surface area contributed by atoms with Crippen LogP contribution in [0.5, 0.6) is 0 Å². The highest BCUT2D eigenvalue weighted by Gasteiger charge is 2.20. The Kier molecular flexibility index (Phi) is 4.80. The van der Waals surface area contributed by atoms with E-state index < -0.39 is 0 Å². The van der Waals surface area contributed by atoms with Gasteiger partial charge in [-0.2, -0.15) is 0 Å². The molecule has 0 aliphatic carbocycles. The summed E-state index contributed by atoms with van der Waals surface area (Å²) < 4.78 is 5.58. The number of rotatable bonds is 4. The Bertz CT molecular complexity index is 985. The van der Waals surface area contributed by atoms with E-state index in [1.54, 1.807) is 17.2 Å². The number of aromatic nitrogens is 1. The Balaban J connectivity index is 1.39. The molecular weight excluding hydrogens is 356 g/mol. The zero-order valence-corrected chi connectivity index (χ0v) is 15.3. The van der Waals surface area contributed by atoms with Crippen LogP contribution in [0, 0.1) is 0 Å². The third-order valence-corrected chi connectivity index (χ3v) is 4.75. The highest BCUT2D eigenvalue weighted by Crippen LogP contribution is 2.21. The number of nitrogens with one attached hydrogen (secondary N) is 1. The molecule has 1 saturated heterocycles. The summed E-state index contributed by atoms with van der Waals surface area (Å²) in [5, 5.41) is 3.69. The van der Waals surface area contributed by atoms with Gasteiger partial charge in [0.15, 0.2) is 5.76 Å². The van der Waals surface area contributed by atoms with Crippen LogP contribution in [0.4, 0.5) is 11.5 Å². The standard InChI is InChI=1S/C21H20N4O3/c1-2-20(26)25-11-9-24(10-12-25)19-8-7-16(14-22-19)23-21(27)18-13-15-5-3-4-6-17(15)28-18/h2-8,13-14H,1,9-12H2,(H,23,27). The van der Waals surface area contributed by atoms with Crippen molar-refractivity contribution in [2.24, 2.45) is 0 Å². The number of pyridine rings is 1. The fraction of sp³-hybridized carbons (Fsp3) is 0.190. The second kappa shape index (κ2) is 7.56. The monoisotopic (exact) mass is 376 g/mol. The van der Waals surface area contributed by atoms with Crippen LogP contribution < -0.4 is 10.2 Å². The van der Waals surface area contributed by atoms with E-state index >= 15 is 0 Å². The fourth-order valence-electron chi connectivity index (χ4n) is 3.22. The Labute approximate surface area is 162 Å². The smallest absolute Gasteiger partial charge is 0.291 e. The number of para-hydroxylation sites is 1. The average Bonchev–Trinajstić information content (AvgIpc) is 3.18. The second-order valence-corrected chi connectivity index (χ2v) is 6.52. The van der Waals surface area contributed by atoms with Crippen molar-refractivity contribution < 1.29 is 14.0 Å². The van der Waals surface area contributed by atoms with E-state index in [2.05, 4.69) is 21.8 Å². The Hall–Kier alpha value is -3.61. The maximum absolute atomic E-state index is 12.4. The second-order valence-electron chi connectivity index (χ2n) is 6.52. The van der Waals surface area contributed by atoms with E-state index in [0.717, 1.165) is 11.2 Å². The first-order chi connectivity index (χ1) is 13.6. The summed E-state index contributed by atoms with van der Waals surface area (Å²) in [6, 6.07) is 12.9. The van der Waals surface area contributed by atoms with Gasteiger partial charge < -0.3 is 19.5 Å². The van der Waals surface area contributed by atoms with Crippen molar-refractivity contribution in [3.63, 3.8) is 0 Å². The van der Waals surface area contributed by atoms with Gasteiger partial charge in [-0.15, -0.1) is 0 Å². The van der Waals surface area contributed by atoms with Gasteiger partial charge in [-0.25, -0.2) is 4.98 Å². The van der Waals surface area contributed by atoms with Gasteiger partial charge in [0.25, 0.3) is 5.91 Å². The molecule has 0 unspecified atom stereocenters. The summed E-state index contributed by atoms with van der Waals surface area (Å²) in [6.07, 6.45) is 2.96. The lowest BCUT2D eigenvalue weighted by atomic mass is 10.2. The summed E-state index contributed by atoms with van der Waals surface area (Å²) in [5.41, 5.74) is 1.27. The fourth-order valence-corrected chi connectivity index (χ4v) is 3.22. The van der Waals surface area contributed by atoms with Gasteiger partial charge in [-0.1, -0.05) is 24.8 Å². The lowest BCUT2D eigenvalue weighted by Crippen LogP contribution is -2.48. The number of anilines is 2. The number of nitrogens with zero attached hydrogens (tertiary/aromatic N) is 3. The van der Waals surface area contributed by atoms with Crippen molar-refractivity contribution in [2.75, 3.05) is 36.4 Å². The average molecular weight is 376 g/mol. The largest absolute Gasteiger partial charge is 0.451 e. The van der Waals surface area contributed by atoms with Gasteiger partial charge in [-0.05, 0) is 30.3 Å². The molecule has 0 atom stereocenters. The molecule has 1 aliphatic heterocycles. The molecule has 2 aromatic heterocycles. The highest BCUT2D eigenvalue weighted by molar-refractivity contribution is 6.04. The maximum Gasteiger partial charge on any atom is 0.291 e. The molecule has 0 radical (unpaired) electrons. The van der Waals surface area contributed by atoms with Gasteiger partial charge in [0.2, 0.25) is 5.91 Å². The van der Waals surface area contributed by atoms with E-state index in [0.29, 0.717) is 37.4 Å². The summed E-state index contributed by atoms with van der Waals surface area (Å²) in [4.78, 5) is 32.4. The molecule has 7 heteroatoms. The zero-order chi connectivity index (χ0) is 19.5. The number of hydrogen-bond donors (Lipinski definition) is 1. The normalized spacial score (nSPS) is 14.1. The van der Waals surface area contributed by atoms with Crippen molar-refractivity contribution >= 4 is 34.3 Å². The molecule has 4 rings (SSSR count). The summed E-state index contributed by atoms with van der Waals surface area (Å²) in [5.74, 6) is 0.708. The molecule has 0 spiro atoms. The number of benzene rings is 1. The van der Waals surface area contributed by atoms with Crippen LogP contribution in [0.15, 0.2) is 65.7 Å². The quantitative estimate of drug-likeness (QED) is 0.709. The number of hydrogen-bond acceptors (Lipinski definition) is 5. The number of carbonyl (C=O) groups is 2. The SMILES string of the molecule is C=CC(=O)N1CCN(c2ccc(NC(=O)c3cc4ccccc4o3)cn2)CC1. The van der Waals surface area contributed by atoms with Crippen LogP contribution in [0.1, 0.15) is 10.6 Å². The molecule has 2 amide bonds. The van der Waals surface area contributed by atoms with Crippen LogP contribution in [-0.4, -0.2) is 47.9 Å². The lowest BCUT2D eigenvalue weighted by molar-refractivity contribution is -0.126. The van der Waals surface area contributed by atoms with Crippen molar-refractivity contribution in [1.29, 1.82) is 0 Å². The Morgan fingerprint density at radius 1 is 1.11 bits per heavy atom. The summed E-state index contributed by atoms with van der Waals surface area (Å²) in [7, 11) is 0. The molecular formula is C21H20N4O3. The predicted molar refractivity (Wildman–Crippen MR) is 107 cm³/mol. The minimum Gasteiger partial charge on any atom is -0.451 e. The van der Waals surface area contributed by atoms with Gasteiger partial charge in [-0.3, -0.25) is 9.59 Å². The minimum absolute atomic E-state index is 0.0451. The first-order valence-corrected chi connectivity index (χ1v) is 9.06. The van der Waals surface area contributed by atoms with E-state index in [9.17, 15) is 9.59 Å². The van der Waals surface area contributed by atoms with Crippen LogP contribution in [0.25, 0.3) is 11.0 Å². The molecule has 1 N–H and O–H groups in total. The van der Waals surface area contributed by atoms with E-state index in [1.165, 1.54) is 6.08 Å². The van der Waals surface area contributed by atoms with Gasteiger partial charge in [0, 0.05) is 31.6 Å². The third kappa shape index (κ3) is 3.59. The highest BCUT2D eigenvalue weighted by atomic mass is 16.3. The zero-order valence-electron chi connectivity index (χ0n) is 15.3. The molecule has 3 aromatic rings. The van der Waals surface area contributed by atoms with Crippen molar-refractivity contribution in [1.82, 2.24) is 9.88 Å². The summed E-state index contributed by atoms with van der Waals surface area (Å²) in [6.45, 7) is 6.21. The number of carbonyl (C=O) groups excluding carboxylic acids is 2. The van der Waals surface area contributed by atoms with Crippen LogP contribution in [0.2, 0.25) is 0 Å². The minimum atomic E-state index is -0.317. The maximum atomic E-state index is 12.4. The van der Waals surface area contributed by atoms with E-state index in [-0.39, 0.29) is 17.6 Å². The van der Waals surface area contributed by atoms with Crippen LogP contribution >= 0.6 is 0 Å². The molecule has 142 valence electrons. The third-order valence-electron chi connectivity index (χ3n) is 4.75. The van der Waals surface area contributed by atoms with Crippen molar-refractivity contribution in [3.8, 4) is 0 Å². The molecule has 0 bridgehead atoms. The van der Waals surface area contributed by atoms with Crippen molar-refractivity contribution in [3.05, 3.63) is 67.1 Å². The van der Waals surface area contributed by atoms with Crippen LogP contribution in [0.3, 0.4) is 0 Å². The number of amides is 2. The van der Waals surface area contributed by atoms with Gasteiger partial charge in [0.1, 0.15) is 11.4 Å². The Morgan fingerprint density at radius 3 is 2.57 bits per heavy atom. The number of fused-ring (bicyclic) bond motifs is 1. The molecule has 1 aliphatic rings. The van der Waals surface area contributed by atoms with Crippen molar-refractivity contribution in [2.45, 2.75) is 0 Å². The summed E-state index contributed by atoms with van der Waals surface area (Å²) >= 11 is 0. The number of piperazine rings is 1. The molecule has 3 heterocycles. The van der Waals surface area contributed by atoms with Crippen LogP contribution in [-0.2, 0) is 4.79 Å². The van der Waals surface area contributed by atoms with Gasteiger partial charge in [0.05, 0.1) is 11.9 Å². The van der Waals surface area contributed by atoms with Gasteiger partial charge >= 0.3 is 0 Å².